The maximum absolute atomic E-state index is 12.1. The Bertz CT molecular complexity index is 780. The molecule has 0 aliphatic carbocycles. The van der Waals surface area contributed by atoms with E-state index in [0.717, 1.165) is 5.56 Å². The van der Waals surface area contributed by atoms with E-state index in [-0.39, 0.29) is 10.8 Å². The number of sulfonamides is 1. The Balaban J connectivity index is 2.34. The molecule has 0 aliphatic heterocycles. The molecule has 0 fully saturated rings. The van der Waals surface area contributed by atoms with Crippen molar-refractivity contribution in [3.63, 3.8) is 0 Å². The fraction of sp³-hybridized carbons (Fsp3) is 0.231. The molecule has 0 radical (unpaired) electrons. The highest BCUT2D eigenvalue weighted by Crippen LogP contribution is 2.21. The van der Waals surface area contributed by atoms with Crippen LogP contribution in [0.1, 0.15) is 21.6 Å². The maximum Gasteiger partial charge on any atom is 0.259 e. The van der Waals surface area contributed by atoms with Crippen molar-refractivity contribution in [1.82, 2.24) is 14.9 Å². The molecule has 2 rings (SSSR count). The minimum Gasteiger partial charge on any atom is -0.322 e. The van der Waals surface area contributed by atoms with Crippen LogP contribution in [0.3, 0.4) is 0 Å². The fourth-order valence-corrected chi connectivity index (χ4v) is 2.55. The minimum absolute atomic E-state index is 0.0924. The predicted octanol–water partition coefficient (Wildman–Crippen LogP) is 1.19. The molecular formula is C13H16N4O3S. The highest BCUT2D eigenvalue weighted by atomic mass is 32.2. The summed E-state index contributed by atoms with van der Waals surface area (Å²) in [5.41, 5.74) is 2.26. The van der Waals surface area contributed by atoms with Gasteiger partial charge in [0.1, 0.15) is 0 Å². The Hall–Kier alpha value is -2.19. The molecule has 0 saturated carbocycles. The lowest BCUT2D eigenvalue weighted by Gasteiger charge is -2.10. The van der Waals surface area contributed by atoms with Crippen LogP contribution in [0.25, 0.3) is 0 Å². The number of nitrogens with zero attached hydrogens (tertiary/aromatic N) is 1. The van der Waals surface area contributed by atoms with E-state index in [2.05, 4.69) is 20.2 Å². The normalized spacial score (nSPS) is 11.4. The minimum atomic E-state index is -3.56. The van der Waals surface area contributed by atoms with Crippen LogP contribution in [-0.2, 0) is 10.0 Å². The van der Waals surface area contributed by atoms with Crippen molar-refractivity contribution in [2.75, 3.05) is 12.4 Å². The van der Waals surface area contributed by atoms with Gasteiger partial charge in [0.25, 0.3) is 5.91 Å². The van der Waals surface area contributed by atoms with Crippen LogP contribution in [0.4, 0.5) is 5.69 Å². The summed E-state index contributed by atoms with van der Waals surface area (Å²) in [4.78, 5) is 12.2. The third-order valence-corrected chi connectivity index (χ3v) is 4.52. The van der Waals surface area contributed by atoms with E-state index >= 15 is 0 Å². The highest BCUT2D eigenvalue weighted by Gasteiger charge is 2.16. The second-order valence-corrected chi connectivity index (χ2v) is 6.43. The second-order valence-electron chi connectivity index (χ2n) is 4.55. The molecule has 3 N–H and O–H groups in total. The number of aromatic amines is 1. The van der Waals surface area contributed by atoms with E-state index in [1.54, 1.807) is 19.9 Å². The number of benzene rings is 1. The summed E-state index contributed by atoms with van der Waals surface area (Å²) < 4.78 is 25.8. The van der Waals surface area contributed by atoms with Gasteiger partial charge < -0.3 is 5.32 Å². The lowest BCUT2D eigenvalue weighted by molar-refractivity contribution is 0.102. The molecule has 0 saturated heterocycles. The van der Waals surface area contributed by atoms with Gasteiger partial charge in [0.15, 0.2) is 0 Å². The van der Waals surface area contributed by atoms with Crippen LogP contribution in [0.15, 0.2) is 29.3 Å². The van der Waals surface area contributed by atoms with Gasteiger partial charge in [0, 0.05) is 11.4 Å². The summed E-state index contributed by atoms with van der Waals surface area (Å²) in [5.74, 6) is -0.344. The predicted molar refractivity (Wildman–Crippen MR) is 78.7 cm³/mol. The molecule has 0 spiro atoms. The van der Waals surface area contributed by atoms with Crippen LogP contribution < -0.4 is 10.0 Å². The molecular weight excluding hydrogens is 292 g/mol. The van der Waals surface area contributed by atoms with Crippen LogP contribution in [0.2, 0.25) is 0 Å². The standard InChI is InChI=1S/C13H16N4O3S/c1-8-4-5-10(21(19,20)14-3)6-12(8)16-13(18)11-7-15-17-9(11)2/h4-7,14H,1-3H3,(H,15,17)(H,16,18). The molecule has 8 heteroatoms. The number of aryl methyl sites for hydroxylation is 2. The number of rotatable bonds is 4. The summed E-state index contributed by atoms with van der Waals surface area (Å²) >= 11 is 0. The monoisotopic (exact) mass is 308 g/mol. The highest BCUT2D eigenvalue weighted by molar-refractivity contribution is 7.89. The van der Waals surface area contributed by atoms with Gasteiger partial charge in [-0.1, -0.05) is 6.07 Å². The first-order valence-corrected chi connectivity index (χ1v) is 7.69. The molecule has 0 unspecified atom stereocenters. The van der Waals surface area contributed by atoms with E-state index in [1.165, 1.54) is 25.4 Å². The number of hydrogen-bond acceptors (Lipinski definition) is 4. The third kappa shape index (κ3) is 3.11. The van der Waals surface area contributed by atoms with Gasteiger partial charge in [-0.3, -0.25) is 9.89 Å². The summed E-state index contributed by atoms with van der Waals surface area (Å²) in [6.45, 7) is 3.52. The van der Waals surface area contributed by atoms with Crippen molar-refractivity contribution in [1.29, 1.82) is 0 Å². The molecule has 0 atom stereocenters. The van der Waals surface area contributed by atoms with Crippen molar-refractivity contribution < 1.29 is 13.2 Å². The van der Waals surface area contributed by atoms with E-state index < -0.39 is 10.0 Å². The molecule has 1 aromatic carbocycles. The number of carbonyl (C=O) groups excluding carboxylic acids is 1. The molecule has 0 aliphatic rings. The van der Waals surface area contributed by atoms with Gasteiger partial charge in [-0.2, -0.15) is 5.10 Å². The first-order chi connectivity index (χ1) is 9.85. The Morgan fingerprint density at radius 1 is 1.29 bits per heavy atom. The molecule has 112 valence electrons. The van der Waals surface area contributed by atoms with E-state index in [1.807, 2.05) is 0 Å². The number of anilines is 1. The van der Waals surface area contributed by atoms with E-state index in [9.17, 15) is 13.2 Å². The molecule has 2 aromatic rings. The van der Waals surface area contributed by atoms with E-state index in [0.29, 0.717) is 16.9 Å². The first kappa shape index (κ1) is 15.2. The number of aromatic nitrogens is 2. The van der Waals surface area contributed by atoms with Crippen molar-refractivity contribution in [3.05, 3.63) is 41.2 Å². The quantitative estimate of drug-likeness (QED) is 0.789. The van der Waals surface area contributed by atoms with Gasteiger partial charge in [-0.05, 0) is 38.6 Å². The third-order valence-electron chi connectivity index (χ3n) is 3.11. The van der Waals surface area contributed by atoms with Gasteiger partial charge in [0.05, 0.1) is 16.7 Å². The number of amides is 1. The molecule has 1 amide bonds. The number of hydrogen-bond donors (Lipinski definition) is 3. The average Bonchev–Trinajstić information content (AvgIpc) is 2.87. The van der Waals surface area contributed by atoms with Gasteiger partial charge in [-0.15, -0.1) is 0 Å². The summed E-state index contributed by atoms with van der Waals surface area (Å²) in [7, 11) is -2.22. The van der Waals surface area contributed by atoms with Crippen molar-refractivity contribution in [2.24, 2.45) is 0 Å². The summed E-state index contributed by atoms with van der Waals surface area (Å²) in [5, 5.41) is 9.16. The lowest BCUT2D eigenvalue weighted by Crippen LogP contribution is -2.19. The Labute approximate surface area is 122 Å². The summed E-state index contributed by atoms with van der Waals surface area (Å²) in [6, 6.07) is 4.55. The maximum atomic E-state index is 12.1. The molecule has 1 heterocycles. The zero-order chi connectivity index (χ0) is 15.6. The molecule has 21 heavy (non-hydrogen) atoms. The second kappa shape index (κ2) is 5.66. The van der Waals surface area contributed by atoms with Crippen LogP contribution in [-0.4, -0.2) is 31.6 Å². The van der Waals surface area contributed by atoms with Crippen LogP contribution >= 0.6 is 0 Å². The SMILES string of the molecule is CNS(=O)(=O)c1ccc(C)c(NC(=O)c2cn[nH]c2C)c1. The number of carbonyl (C=O) groups is 1. The lowest BCUT2D eigenvalue weighted by atomic mass is 10.2. The van der Waals surface area contributed by atoms with Gasteiger partial charge in [-0.25, -0.2) is 13.1 Å². The van der Waals surface area contributed by atoms with Crippen molar-refractivity contribution >= 4 is 21.6 Å². The molecule has 7 nitrogen and oxygen atoms in total. The van der Waals surface area contributed by atoms with Gasteiger partial charge in [0.2, 0.25) is 10.0 Å². The Morgan fingerprint density at radius 2 is 2.00 bits per heavy atom. The fourth-order valence-electron chi connectivity index (χ4n) is 1.79. The first-order valence-electron chi connectivity index (χ1n) is 6.20. The van der Waals surface area contributed by atoms with Gasteiger partial charge >= 0.3 is 0 Å². The molecule has 0 bridgehead atoms. The van der Waals surface area contributed by atoms with Crippen molar-refractivity contribution in [3.8, 4) is 0 Å². The zero-order valence-electron chi connectivity index (χ0n) is 11.9. The van der Waals surface area contributed by atoms with Crippen LogP contribution in [0.5, 0.6) is 0 Å². The zero-order valence-corrected chi connectivity index (χ0v) is 12.7. The molecule has 1 aromatic heterocycles. The van der Waals surface area contributed by atoms with Crippen LogP contribution in [0, 0.1) is 13.8 Å². The number of nitrogens with one attached hydrogen (secondary N) is 3. The van der Waals surface area contributed by atoms with E-state index in [4.69, 9.17) is 0 Å². The smallest absolute Gasteiger partial charge is 0.259 e. The summed E-state index contributed by atoms with van der Waals surface area (Å²) in [6.07, 6.45) is 1.42. The number of H-pyrrole nitrogens is 1. The topological polar surface area (TPSA) is 104 Å². The Morgan fingerprint density at radius 3 is 2.57 bits per heavy atom. The Kier molecular flexibility index (Phi) is 4.10. The average molecular weight is 308 g/mol. The van der Waals surface area contributed by atoms with Crippen molar-refractivity contribution in [2.45, 2.75) is 18.7 Å². The largest absolute Gasteiger partial charge is 0.322 e.